The molecular formula is C24H29N5O2. The molecule has 2 aliphatic rings. The van der Waals surface area contributed by atoms with Crippen molar-refractivity contribution in [1.82, 2.24) is 24.2 Å². The summed E-state index contributed by atoms with van der Waals surface area (Å²) in [4.78, 5) is 19.4. The summed E-state index contributed by atoms with van der Waals surface area (Å²) in [6, 6.07) is 10.00. The van der Waals surface area contributed by atoms with Crippen LogP contribution >= 0.6 is 0 Å². The number of hydrogen-bond acceptors (Lipinski definition) is 4. The first-order valence-corrected chi connectivity index (χ1v) is 11.0. The van der Waals surface area contributed by atoms with Crippen molar-refractivity contribution in [1.29, 1.82) is 0 Å². The monoisotopic (exact) mass is 419 g/mol. The molecule has 1 amide bonds. The van der Waals surface area contributed by atoms with Gasteiger partial charge in [-0.15, -0.1) is 0 Å². The lowest BCUT2D eigenvalue weighted by Crippen LogP contribution is -2.35. The Labute approximate surface area is 182 Å². The first-order chi connectivity index (χ1) is 15.0. The number of aromatic nitrogens is 4. The summed E-state index contributed by atoms with van der Waals surface area (Å²) in [6.45, 7) is 6.17. The number of fused-ring (bicyclic) bond motifs is 1. The molecule has 1 saturated carbocycles. The Kier molecular flexibility index (Phi) is 5.14. The Bertz CT molecular complexity index is 1070. The van der Waals surface area contributed by atoms with Crippen molar-refractivity contribution in [2.24, 2.45) is 11.8 Å². The summed E-state index contributed by atoms with van der Waals surface area (Å²) >= 11 is 0. The quantitative estimate of drug-likeness (QED) is 0.706. The number of imidazole rings is 1. The second-order valence-electron chi connectivity index (χ2n) is 9.13. The predicted octanol–water partition coefficient (Wildman–Crippen LogP) is 2.83. The molecule has 2 fully saturated rings. The Balaban J connectivity index is 1.29. The van der Waals surface area contributed by atoms with Gasteiger partial charge in [0.15, 0.2) is 0 Å². The number of benzene rings is 1. The van der Waals surface area contributed by atoms with Crippen LogP contribution in [0.4, 0.5) is 0 Å². The van der Waals surface area contributed by atoms with Crippen LogP contribution in [0.25, 0.3) is 0 Å². The molecule has 3 heterocycles. The van der Waals surface area contributed by atoms with Crippen LogP contribution in [-0.4, -0.2) is 54.4 Å². The SMILES string of the molecule is Cc1cc(C)n(Cc2cccc(C(=O)N3C[C@H]4C[C@@H](n5ccnc5)[C@H](O)C[C@H]4C3)c2)n1. The average Bonchev–Trinajstić information content (AvgIpc) is 3.47. The lowest BCUT2D eigenvalue weighted by molar-refractivity contribution is 0.0357. The highest BCUT2D eigenvalue weighted by Gasteiger charge is 2.43. The summed E-state index contributed by atoms with van der Waals surface area (Å²) in [5.74, 6) is 0.854. The van der Waals surface area contributed by atoms with E-state index in [1.54, 1.807) is 12.5 Å². The normalized spacial score (nSPS) is 25.6. The molecule has 2 aromatic heterocycles. The fraction of sp³-hybridized carbons (Fsp3) is 0.458. The van der Waals surface area contributed by atoms with E-state index in [2.05, 4.69) is 16.1 Å². The summed E-state index contributed by atoms with van der Waals surface area (Å²) in [5.41, 5.74) is 3.91. The smallest absolute Gasteiger partial charge is 0.253 e. The van der Waals surface area contributed by atoms with Gasteiger partial charge >= 0.3 is 0 Å². The van der Waals surface area contributed by atoms with Crippen LogP contribution in [0.1, 0.15) is 46.2 Å². The number of likely N-dealkylation sites (tertiary alicyclic amines) is 1. The average molecular weight is 420 g/mol. The van der Waals surface area contributed by atoms with Crippen molar-refractivity contribution in [2.75, 3.05) is 13.1 Å². The molecule has 0 radical (unpaired) electrons. The Morgan fingerprint density at radius 1 is 1.16 bits per heavy atom. The molecular weight excluding hydrogens is 390 g/mol. The van der Waals surface area contributed by atoms with Crippen LogP contribution in [0.2, 0.25) is 0 Å². The molecule has 0 spiro atoms. The molecule has 31 heavy (non-hydrogen) atoms. The van der Waals surface area contributed by atoms with E-state index in [0.717, 1.165) is 48.4 Å². The maximum atomic E-state index is 13.3. The predicted molar refractivity (Wildman–Crippen MR) is 117 cm³/mol. The van der Waals surface area contributed by atoms with Crippen LogP contribution < -0.4 is 0 Å². The third kappa shape index (κ3) is 3.90. The van der Waals surface area contributed by atoms with E-state index in [4.69, 9.17) is 0 Å². The lowest BCUT2D eigenvalue weighted by Gasteiger charge is -2.35. The lowest BCUT2D eigenvalue weighted by atomic mass is 9.77. The fourth-order valence-electron chi connectivity index (χ4n) is 5.35. The van der Waals surface area contributed by atoms with E-state index in [9.17, 15) is 9.90 Å². The molecule has 3 aromatic rings. The zero-order valence-corrected chi connectivity index (χ0v) is 18.1. The highest BCUT2D eigenvalue weighted by molar-refractivity contribution is 5.94. The minimum atomic E-state index is -0.394. The second kappa shape index (κ2) is 7.96. The van der Waals surface area contributed by atoms with E-state index >= 15 is 0 Å². The van der Waals surface area contributed by atoms with Gasteiger partial charge < -0.3 is 14.6 Å². The molecule has 0 unspecified atom stereocenters. The van der Waals surface area contributed by atoms with Gasteiger partial charge in [0.1, 0.15) is 0 Å². The molecule has 7 nitrogen and oxygen atoms in total. The van der Waals surface area contributed by atoms with E-state index in [1.165, 1.54) is 0 Å². The number of aliphatic hydroxyl groups is 1. The van der Waals surface area contributed by atoms with Gasteiger partial charge in [0.05, 0.1) is 30.7 Å². The van der Waals surface area contributed by atoms with Gasteiger partial charge in [-0.3, -0.25) is 9.48 Å². The van der Waals surface area contributed by atoms with Gasteiger partial charge in [-0.05, 0) is 62.3 Å². The first-order valence-electron chi connectivity index (χ1n) is 11.0. The van der Waals surface area contributed by atoms with Gasteiger partial charge in [-0.1, -0.05) is 12.1 Å². The third-order valence-corrected chi connectivity index (χ3v) is 6.91. The van der Waals surface area contributed by atoms with Gasteiger partial charge in [0.2, 0.25) is 0 Å². The number of amides is 1. The summed E-state index contributed by atoms with van der Waals surface area (Å²) in [7, 11) is 0. The summed E-state index contributed by atoms with van der Waals surface area (Å²) in [5, 5.41) is 15.2. The molecule has 162 valence electrons. The molecule has 7 heteroatoms. The summed E-state index contributed by atoms with van der Waals surface area (Å²) < 4.78 is 3.98. The van der Waals surface area contributed by atoms with E-state index in [0.29, 0.717) is 18.4 Å². The third-order valence-electron chi connectivity index (χ3n) is 6.91. The maximum Gasteiger partial charge on any atom is 0.253 e. The highest BCUT2D eigenvalue weighted by atomic mass is 16.3. The van der Waals surface area contributed by atoms with Crippen molar-refractivity contribution in [3.8, 4) is 0 Å². The largest absolute Gasteiger partial charge is 0.391 e. The van der Waals surface area contributed by atoms with Crippen molar-refractivity contribution in [2.45, 2.75) is 45.4 Å². The number of nitrogens with zero attached hydrogens (tertiary/aromatic N) is 5. The molecule has 4 atom stereocenters. The van der Waals surface area contributed by atoms with Crippen molar-refractivity contribution < 1.29 is 9.90 Å². The summed E-state index contributed by atoms with van der Waals surface area (Å²) in [6.07, 6.45) is 6.66. The number of carbonyl (C=O) groups is 1. The number of aryl methyl sites for hydroxylation is 2. The molecule has 1 saturated heterocycles. The minimum Gasteiger partial charge on any atom is -0.391 e. The van der Waals surface area contributed by atoms with Crippen LogP contribution in [-0.2, 0) is 6.54 Å². The minimum absolute atomic E-state index is 0.0443. The topological polar surface area (TPSA) is 76.2 Å². The van der Waals surface area contributed by atoms with Gasteiger partial charge in [0, 0.05) is 36.7 Å². The molecule has 1 aromatic carbocycles. The van der Waals surface area contributed by atoms with E-state index in [-0.39, 0.29) is 11.9 Å². The number of rotatable bonds is 4. The van der Waals surface area contributed by atoms with Crippen LogP contribution in [0.3, 0.4) is 0 Å². The molecule has 1 N–H and O–H groups in total. The van der Waals surface area contributed by atoms with Gasteiger partial charge in [-0.25, -0.2) is 4.98 Å². The van der Waals surface area contributed by atoms with Gasteiger partial charge in [0.25, 0.3) is 5.91 Å². The van der Waals surface area contributed by atoms with Crippen LogP contribution in [0.15, 0.2) is 49.1 Å². The van der Waals surface area contributed by atoms with Crippen molar-refractivity contribution >= 4 is 5.91 Å². The highest BCUT2D eigenvalue weighted by Crippen LogP contribution is 2.41. The Morgan fingerprint density at radius 3 is 2.68 bits per heavy atom. The number of aliphatic hydroxyl groups excluding tert-OH is 1. The second-order valence-corrected chi connectivity index (χ2v) is 9.13. The maximum absolute atomic E-state index is 13.3. The van der Waals surface area contributed by atoms with Crippen LogP contribution in [0, 0.1) is 25.7 Å². The Hall–Kier alpha value is -2.93. The molecule has 1 aliphatic heterocycles. The first kappa shape index (κ1) is 20.0. The number of carbonyl (C=O) groups excluding carboxylic acids is 1. The molecule has 0 bridgehead atoms. The zero-order chi connectivity index (χ0) is 21.5. The van der Waals surface area contributed by atoms with E-state index < -0.39 is 6.10 Å². The number of hydrogen-bond donors (Lipinski definition) is 1. The fourth-order valence-corrected chi connectivity index (χ4v) is 5.35. The zero-order valence-electron chi connectivity index (χ0n) is 18.1. The van der Waals surface area contributed by atoms with Gasteiger partial charge in [-0.2, -0.15) is 5.10 Å². The molecule has 1 aliphatic carbocycles. The van der Waals surface area contributed by atoms with Crippen LogP contribution in [0.5, 0.6) is 0 Å². The van der Waals surface area contributed by atoms with E-state index in [1.807, 2.05) is 58.5 Å². The Morgan fingerprint density at radius 2 is 1.97 bits per heavy atom. The molecule has 5 rings (SSSR count). The van der Waals surface area contributed by atoms with Crippen molar-refractivity contribution in [3.05, 3.63) is 71.6 Å². The standard InChI is InChI=1S/C24H29N5O2/c1-16-8-17(2)29(26-16)12-18-4-3-5-19(9-18)24(31)28-13-20-10-22(27-7-6-25-15-27)23(30)11-21(20)14-28/h3-9,15,20-23,30H,10-14H2,1-2H3/t20-,21+,22-,23-/m1/s1. The van der Waals surface area contributed by atoms with Crippen molar-refractivity contribution in [3.63, 3.8) is 0 Å².